The second-order valence-electron chi connectivity index (χ2n) is 3.41. The highest BCUT2D eigenvalue weighted by atomic mass is 35.5. The van der Waals surface area contributed by atoms with Gasteiger partial charge in [-0.2, -0.15) is 0 Å². The van der Waals surface area contributed by atoms with Crippen LogP contribution < -0.4 is 10.1 Å². The predicted molar refractivity (Wildman–Crippen MR) is 67.0 cm³/mol. The molecule has 0 atom stereocenters. The first-order valence-electron chi connectivity index (χ1n) is 4.99. The molecule has 1 rings (SSSR count). The van der Waals surface area contributed by atoms with Gasteiger partial charge in [0.25, 0.3) is 0 Å². The predicted octanol–water partition coefficient (Wildman–Crippen LogP) is 2.57. The summed E-state index contributed by atoms with van der Waals surface area (Å²) in [5, 5.41) is 12.3. The molecule has 0 aromatic heterocycles. The summed E-state index contributed by atoms with van der Waals surface area (Å²) in [4.78, 5) is 10.3. The summed E-state index contributed by atoms with van der Waals surface area (Å²) in [6.45, 7) is 0.910. The molecule has 2 N–H and O–H groups in total. The van der Waals surface area contributed by atoms with Crippen molar-refractivity contribution in [3.8, 4) is 5.75 Å². The van der Waals surface area contributed by atoms with E-state index in [1.807, 2.05) is 0 Å². The van der Waals surface area contributed by atoms with Crippen LogP contribution in [-0.2, 0) is 11.3 Å². The lowest BCUT2D eigenvalue weighted by Gasteiger charge is -2.09. The Bertz CT molecular complexity index is 387. The number of carboxylic acid groups (broad SMARTS) is 1. The van der Waals surface area contributed by atoms with Gasteiger partial charge >= 0.3 is 5.97 Å². The minimum atomic E-state index is -0.830. The number of carbonyl (C=O) groups is 1. The van der Waals surface area contributed by atoms with E-state index < -0.39 is 5.97 Å². The summed E-state index contributed by atoms with van der Waals surface area (Å²) in [6.07, 6.45) is 0.0810. The molecule has 0 radical (unpaired) electrons. The molecule has 0 aliphatic rings. The first-order valence-corrected chi connectivity index (χ1v) is 5.74. The maximum absolute atomic E-state index is 10.3. The molecule has 0 saturated heterocycles. The highest BCUT2D eigenvalue weighted by molar-refractivity contribution is 6.37. The van der Waals surface area contributed by atoms with E-state index in [1.165, 1.54) is 7.11 Å². The van der Waals surface area contributed by atoms with Crippen LogP contribution in [-0.4, -0.2) is 24.7 Å². The second kappa shape index (κ2) is 6.69. The van der Waals surface area contributed by atoms with Crippen LogP contribution in [0.25, 0.3) is 0 Å². The van der Waals surface area contributed by atoms with Crippen LogP contribution >= 0.6 is 23.2 Å². The first-order chi connectivity index (χ1) is 8.04. The van der Waals surface area contributed by atoms with Gasteiger partial charge in [0.2, 0.25) is 0 Å². The molecule has 1 aromatic carbocycles. The summed E-state index contributed by atoms with van der Waals surface area (Å²) < 4.78 is 5.03. The Morgan fingerprint density at radius 3 is 2.47 bits per heavy atom. The molecule has 0 spiro atoms. The molecule has 4 nitrogen and oxygen atoms in total. The minimum absolute atomic E-state index is 0.0810. The van der Waals surface area contributed by atoms with Crippen molar-refractivity contribution >= 4 is 29.2 Å². The van der Waals surface area contributed by atoms with Crippen molar-refractivity contribution < 1.29 is 14.6 Å². The van der Waals surface area contributed by atoms with Gasteiger partial charge in [0.1, 0.15) is 0 Å². The maximum atomic E-state index is 10.3. The van der Waals surface area contributed by atoms with E-state index in [0.29, 0.717) is 28.9 Å². The molecular formula is C11H13Cl2NO3. The molecule has 94 valence electrons. The summed E-state index contributed by atoms with van der Waals surface area (Å²) in [5.41, 5.74) is 0.881. The van der Waals surface area contributed by atoms with Crippen molar-refractivity contribution in [1.82, 2.24) is 5.32 Å². The Balaban J connectivity index is 2.58. The standard InChI is InChI=1S/C11H13Cl2NO3/c1-17-11-8(12)4-7(5-9(11)13)6-14-3-2-10(15)16/h4-5,14H,2-3,6H2,1H3,(H,15,16). The number of nitrogens with one attached hydrogen (secondary N) is 1. The lowest BCUT2D eigenvalue weighted by atomic mass is 10.2. The average molecular weight is 278 g/mol. The third kappa shape index (κ3) is 4.42. The quantitative estimate of drug-likeness (QED) is 0.785. The number of benzene rings is 1. The van der Waals surface area contributed by atoms with Gasteiger partial charge in [0.15, 0.2) is 5.75 Å². The maximum Gasteiger partial charge on any atom is 0.304 e. The number of hydrogen-bond donors (Lipinski definition) is 2. The Morgan fingerprint density at radius 1 is 1.41 bits per heavy atom. The molecule has 0 amide bonds. The lowest BCUT2D eigenvalue weighted by molar-refractivity contribution is -0.136. The summed E-state index contributed by atoms with van der Waals surface area (Å²) >= 11 is 11.9. The topological polar surface area (TPSA) is 58.6 Å². The highest BCUT2D eigenvalue weighted by Crippen LogP contribution is 2.33. The second-order valence-corrected chi connectivity index (χ2v) is 4.23. The normalized spacial score (nSPS) is 10.3. The molecule has 6 heteroatoms. The number of methoxy groups -OCH3 is 1. The lowest BCUT2D eigenvalue weighted by Crippen LogP contribution is -2.17. The van der Waals surface area contributed by atoms with Crippen LogP contribution in [0.2, 0.25) is 10.0 Å². The molecule has 0 unspecified atom stereocenters. The highest BCUT2D eigenvalue weighted by Gasteiger charge is 2.08. The number of hydrogen-bond acceptors (Lipinski definition) is 3. The van der Waals surface area contributed by atoms with Crippen molar-refractivity contribution in [2.45, 2.75) is 13.0 Å². The van der Waals surface area contributed by atoms with E-state index in [-0.39, 0.29) is 6.42 Å². The van der Waals surface area contributed by atoms with E-state index in [0.717, 1.165) is 5.56 Å². The van der Waals surface area contributed by atoms with E-state index >= 15 is 0 Å². The van der Waals surface area contributed by atoms with Gasteiger partial charge in [-0.1, -0.05) is 23.2 Å². The number of carboxylic acids is 1. The van der Waals surface area contributed by atoms with Crippen molar-refractivity contribution in [2.75, 3.05) is 13.7 Å². The Hall–Kier alpha value is -0.970. The average Bonchev–Trinajstić information content (AvgIpc) is 2.24. The number of rotatable bonds is 6. The molecule has 17 heavy (non-hydrogen) atoms. The van der Waals surface area contributed by atoms with E-state index in [9.17, 15) is 4.79 Å². The molecule has 0 fully saturated rings. The van der Waals surface area contributed by atoms with Crippen LogP contribution in [0, 0.1) is 0 Å². The number of ether oxygens (including phenoxy) is 1. The fourth-order valence-electron chi connectivity index (χ4n) is 1.34. The molecule has 0 heterocycles. The molecule has 0 aliphatic carbocycles. The largest absolute Gasteiger partial charge is 0.494 e. The smallest absolute Gasteiger partial charge is 0.304 e. The monoisotopic (exact) mass is 277 g/mol. The third-order valence-corrected chi connectivity index (χ3v) is 2.67. The van der Waals surface area contributed by atoms with Crippen LogP contribution in [0.4, 0.5) is 0 Å². The molecule has 0 saturated carbocycles. The number of aliphatic carboxylic acids is 1. The summed E-state index contributed by atoms with van der Waals surface area (Å²) in [5.74, 6) is -0.383. The van der Waals surface area contributed by atoms with E-state index in [4.69, 9.17) is 33.0 Å². The van der Waals surface area contributed by atoms with Crippen LogP contribution in [0.3, 0.4) is 0 Å². The van der Waals surface area contributed by atoms with Gasteiger partial charge < -0.3 is 15.2 Å². The van der Waals surface area contributed by atoms with E-state index in [1.54, 1.807) is 12.1 Å². The summed E-state index contributed by atoms with van der Waals surface area (Å²) in [7, 11) is 1.50. The fourth-order valence-corrected chi connectivity index (χ4v) is 2.02. The Labute approximate surface area is 109 Å². The van der Waals surface area contributed by atoms with Gasteiger partial charge in [0.05, 0.1) is 23.6 Å². The van der Waals surface area contributed by atoms with E-state index in [2.05, 4.69) is 5.32 Å². The fraction of sp³-hybridized carbons (Fsp3) is 0.364. The molecular weight excluding hydrogens is 265 g/mol. The van der Waals surface area contributed by atoms with Crippen molar-refractivity contribution in [1.29, 1.82) is 0 Å². The molecule has 1 aromatic rings. The number of halogens is 2. The van der Waals surface area contributed by atoms with Gasteiger partial charge in [-0.15, -0.1) is 0 Å². The SMILES string of the molecule is COc1c(Cl)cc(CNCCC(=O)O)cc1Cl. The zero-order valence-corrected chi connectivity index (χ0v) is 10.8. The molecule has 0 bridgehead atoms. The Morgan fingerprint density at radius 2 is 2.00 bits per heavy atom. The van der Waals surface area contributed by atoms with Crippen molar-refractivity contribution in [3.05, 3.63) is 27.7 Å². The van der Waals surface area contributed by atoms with Crippen molar-refractivity contribution in [3.63, 3.8) is 0 Å². The third-order valence-electron chi connectivity index (χ3n) is 2.11. The van der Waals surface area contributed by atoms with Crippen LogP contribution in [0.15, 0.2) is 12.1 Å². The van der Waals surface area contributed by atoms with Gasteiger partial charge in [0, 0.05) is 13.1 Å². The molecule has 0 aliphatic heterocycles. The van der Waals surface area contributed by atoms with Crippen molar-refractivity contribution in [2.24, 2.45) is 0 Å². The zero-order valence-electron chi connectivity index (χ0n) is 9.30. The van der Waals surface area contributed by atoms with Crippen LogP contribution in [0.1, 0.15) is 12.0 Å². The van der Waals surface area contributed by atoms with Crippen LogP contribution in [0.5, 0.6) is 5.75 Å². The zero-order chi connectivity index (χ0) is 12.8. The van der Waals surface area contributed by atoms with Gasteiger partial charge in [-0.25, -0.2) is 0 Å². The van der Waals surface area contributed by atoms with Gasteiger partial charge in [-0.05, 0) is 17.7 Å². The minimum Gasteiger partial charge on any atom is -0.494 e. The summed E-state index contributed by atoms with van der Waals surface area (Å²) in [6, 6.07) is 3.47. The Kier molecular flexibility index (Phi) is 5.55. The first kappa shape index (κ1) is 14.1. The van der Waals surface area contributed by atoms with Gasteiger partial charge in [-0.3, -0.25) is 4.79 Å².